The van der Waals surface area contributed by atoms with E-state index in [1.54, 1.807) is 11.3 Å². The summed E-state index contributed by atoms with van der Waals surface area (Å²) < 4.78 is 5.13. The third-order valence-corrected chi connectivity index (χ3v) is 2.83. The smallest absolute Gasteiger partial charge is 0.267 e. The quantitative estimate of drug-likeness (QED) is 0.838. The number of nitrogens with zero attached hydrogens (tertiary/aromatic N) is 2. The predicted octanol–water partition coefficient (Wildman–Crippen LogP) is 1.86. The maximum absolute atomic E-state index is 5.51. The van der Waals surface area contributed by atoms with Crippen LogP contribution in [0.4, 0.5) is 0 Å². The molecule has 0 aromatic carbocycles. The molecule has 74 valence electrons. The van der Waals surface area contributed by atoms with Crippen LogP contribution in [0.2, 0.25) is 0 Å². The molecule has 0 aliphatic rings. The van der Waals surface area contributed by atoms with Crippen molar-refractivity contribution in [2.24, 2.45) is 5.73 Å². The normalized spacial score (nSPS) is 13.0. The summed E-state index contributed by atoms with van der Waals surface area (Å²) in [5, 5.41) is 5.86. The summed E-state index contributed by atoms with van der Waals surface area (Å²) >= 11 is 1.58. The molecule has 0 amide bonds. The Labute approximate surface area is 85.7 Å². The number of hydrogen-bond donors (Lipinski definition) is 1. The van der Waals surface area contributed by atoms with E-state index in [4.69, 9.17) is 10.3 Å². The Bertz CT molecular complexity index is 396. The van der Waals surface area contributed by atoms with Crippen LogP contribution in [-0.4, -0.2) is 16.7 Å². The van der Waals surface area contributed by atoms with E-state index in [1.807, 2.05) is 24.4 Å². The third kappa shape index (κ3) is 1.69. The molecular weight excluding hydrogens is 198 g/mol. The zero-order chi connectivity index (χ0) is 9.97. The Balaban J connectivity index is 2.26. The maximum Gasteiger partial charge on any atom is 0.267 e. The lowest BCUT2D eigenvalue weighted by Crippen LogP contribution is -2.10. The van der Waals surface area contributed by atoms with E-state index in [2.05, 4.69) is 10.1 Å². The van der Waals surface area contributed by atoms with Gasteiger partial charge in [-0.15, -0.1) is 11.3 Å². The van der Waals surface area contributed by atoms with Crippen LogP contribution in [0.15, 0.2) is 22.0 Å². The van der Waals surface area contributed by atoms with Crippen LogP contribution in [-0.2, 0) is 0 Å². The van der Waals surface area contributed by atoms with Crippen molar-refractivity contribution in [2.45, 2.75) is 12.8 Å². The van der Waals surface area contributed by atoms with Gasteiger partial charge in [-0.25, -0.2) is 0 Å². The fourth-order valence-electron chi connectivity index (χ4n) is 1.04. The molecular formula is C9H11N3OS. The molecule has 2 heterocycles. The lowest BCUT2D eigenvalue weighted by atomic mass is 10.2. The molecule has 0 radical (unpaired) electrons. The zero-order valence-electron chi connectivity index (χ0n) is 7.80. The first-order valence-electron chi connectivity index (χ1n) is 4.39. The highest BCUT2D eigenvalue weighted by atomic mass is 32.1. The SMILES string of the molecule is CC(CN)c1noc(-c2cccs2)n1. The van der Waals surface area contributed by atoms with Crippen LogP contribution in [0.3, 0.4) is 0 Å². The van der Waals surface area contributed by atoms with E-state index >= 15 is 0 Å². The molecule has 1 atom stereocenters. The molecule has 0 spiro atoms. The molecule has 2 N–H and O–H groups in total. The average molecular weight is 209 g/mol. The zero-order valence-corrected chi connectivity index (χ0v) is 8.62. The van der Waals surface area contributed by atoms with Gasteiger partial charge >= 0.3 is 0 Å². The van der Waals surface area contributed by atoms with Gasteiger partial charge in [-0.1, -0.05) is 18.1 Å². The lowest BCUT2D eigenvalue weighted by Gasteiger charge is -1.98. The Kier molecular flexibility index (Phi) is 2.60. The van der Waals surface area contributed by atoms with E-state index in [0.717, 1.165) is 4.88 Å². The van der Waals surface area contributed by atoms with Gasteiger partial charge in [0.1, 0.15) is 0 Å². The van der Waals surface area contributed by atoms with Crippen molar-refractivity contribution < 1.29 is 4.52 Å². The van der Waals surface area contributed by atoms with Crippen molar-refractivity contribution in [3.63, 3.8) is 0 Å². The Hall–Kier alpha value is -1.20. The maximum atomic E-state index is 5.51. The van der Waals surface area contributed by atoms with Crippen LogP contribution in [0, 0.1) is 0 Å². The first-order valence-corrected chi connectivity index (χ1v) is 5.26. The number of nitrogens with two attached hydrogens (primary N) is 1. The van der Waals surface area contributed by atoms with Crippen molar-refractivity contribution >= 4 is 11.3 Å². The molecule has 14 heavy (non-hydrogen) atoms. The summed E-state index contributed by atoms with van der Waals surface area (Å²) in [5.74, 6) is 1.40. The number of thiophene rings is 1. The molecule has 0 fully saturated rings. The highest BCUT2D eigenvalue weighted by molar-refractivity contribution is 7.13. The van der Waals surface area contributed by atoms with Gasteiger partial charge in [0.15, 0.2) is 5.82 Å². The second-order valence-electron chi connectivity index (χ2n) is 3.07. The molecule has 0 bridgehead atoms. The van der Waals surface area contributed by atoms with Gasteiger partial charge in [-0.3, -0.25) is 0 Å². The molecule has 2 aromatic rings. The minimum absolute atomic E-state index is 0.146. The van der Waals surface area contributed by atoms with Crippen molar-refractivity contribution in [2.75, 3.05) is 6.54 Å². The Morgan fingerprint density at radius 1 is 1.64 bits per heavy atom. The highest BCUT2D eigenvalue weighted by Crippen LogP contribution is 2.23. The van der Waals surface area contributed by atoms with Crippen molar-refractivity contribution in [1.29, 1.82) is 0 Å². The van der Waals surface area contributed by atoms with Crippen LogP contribution >= 0.6 is 11.3 Å². The van der Waals surface area contributed by atoms with Crippen molar-refractivity contribution in [3.05, 3.63) is 23.3 Å². The monoisotopic (exact) mass is 209 g/mol. The van der Waals surface area contributed by atoms with Crippen molar-refractivity contribution in [1.82, 2.24) is 10.1 Å². The largest absolute Gasteiger partial charge is 0.333 e. The van der Waals surface area contributed by atoms with Gasteiger partial charge in [0, 0.05) is 12.5 Å². The van der Waals surface area contributed by atoms with Gasteiger partial charge in [0.2, 0.25) is 0 Å². The molecule has 1 unspecified atom stereocenters. The number of hydrogen-bond acceptors (Lipinski definition) is 5. The molecule has 4 nitrogen and oxygen atoms in total. The fourth-order valence-corrected chi connectivity index (χ4v) is 1.69. The van der Waals surface area contributed by atoms with E-state index in [9.17, 15) is 0 Å². The summed E-state index contributed by atoms with van der Waals surface area (Å²) in [4.78, 5) is 5.27. The molecule has 5 heteroatoms. The van der Waals surface area contributed by atoms with Crippen LogP contribution in [0.5, 0.6) is 0 Å². The second-order valence-corrected chi connectivity index (χ2v) is 4.02. The molecule has 2 rings (SSSR count). The average Bonchev–Trinajstić information content (AvgIpc) is 2.86. The van der Waals surface area contributed by atoms with Gasteiger partial charge in [-0.2, -0.15) is 4.98 Å². The Morgan fingerprint density at radius 3 is 3.14 bits per heavy atom. The van der Waals surface area contributed by atoms with E-state index in [1.165, 1.54) is 0 Å². The van der Waals surface area contributed by atoms with E-state index in [0.29, 0.717) is 18.3 Å². The molecule has 2 aromatic heterocycles. The lowest BCUT2D eigenvalue weighted by molar-refractivity contribution is 0.418. The number of rotatable bonds is 3. The van der Waals surface area contributed by atoms with Gasteiger partial charge < -0.3 is 10.3 Å². The van der Waals surface area contributed by atoms with Crippen LogP contribution < -0.4 is 5.73 Å². The summed E-state index contributed by atoms with van der Waals surface area (Å²) in [7, 11) is 0. The summed E-state index contributed by atoms with van der Waals surface area (Å²) in [6, 6.07) is 3.91. The van der Waals surface area contributed by atoms with Gasteiger partial charge in [-0.05, 0) is 11.4 Å². The minimum atomic E-state index is 0.146. The minimum Gasteiger partial charge on any atom is -0.333 e. The first kappa shape index (κ1) is 9.36. The van der Waals surface area contributed by atoms with Crippen molar-refractivity contribution in [3.8, 4) is 10.8 Å². The van der Waals surface area contributed by atoms with E-state index in [-0.39, 0.29) is 5.92 Å². The summed E-state index contributed by atoms with van der Waals surface area (Å²) in [5.41, 5.74) is 5.51. The fraction of sp³-hybridized carbons (Fsp3) is 0.333. The summed E-state index contributed by atoms with van der Waals surface area (Å²) in [6.07, 6.45) is 0. The van der Waals surface area contributed by atoms with E-state index < -0.39 is 0 Å². The molecule has 0 aliphatic carbocycles. The van der Waals surface area contributed by atoms with Gasteiger partial charge in [0.25, 0.3) is 5.89 Å². The molecule has 0 saturated heterocycles. The standard InChI is InChI=1S/C9H11N3OS/c1-6(5-10)8-11-9(13-12-8)7-3-2-4-14-7/h2-4,6H,5,10H2,1H3. The Morgan fingerprint density at radius 2 is 2.50 bits per heavy atom. The predicted molar refractivity (Wildman–Crippen MR) is 55.1 cm³/mol. The van der Waals surface area contributed by atoms with Gasteiger partial charge in [0.05, 0.1) is 4.88 Å². The first-order chi connectivity index (χ1) is 6.81. The highest BCUT2D eigenvalue weighted by Gasteiger charge is 2.13. The van der Waals surface area contributed by atoms with Crippen LogP contribution in [0.25, 0.3) is 10.8 Å². The van der Waals surface area contributed by atoms with Crippen LogP contribution in [0.1, 0.15) is 18.7 Å². The third-order valence-electron chi connectivity index (χ3n) is 1.97. The molecule has 0 saturated carbocycles. The molecule has 0 aliphatic heterocycles. The second kappa shape index (κ2) is 3.89. The number of aromatic nitrogens is 2. The summed E-state index contributed by atoms with van der Waals surface area (Å²) in [6.45, 7) is 2.51. The topological polar surface area (TPSA) is 64.9 Å².